The molecule has 0 bridgehead atoms. The Labute approximate surface area is 159 Å². The zero-order valence-corrected chi connectivity index (χ0v) is 15.9. The van der Waals surface area contributed by atoms with Gasteiger partial charge in [-0.05, 0) is 69.0 Å². The summed E-state index contributed by atoms with van der Waals surface area (Å²) in [7, 11) is 0. The summed E-state index contributed by atoms with van der Waals surface area (Å²) < 4.78 is 5.60. The number of fused-ring (bicyclic) bond motifs is 3. The Balaban J connectivity index is 1.35. The number of likely N-dealkylation sites (tertiary alicyclic amines) is 1. The Morgan fingerprint density at radius 3 is 3.11 bits per heavy atom. The first-order valence-electron chi connectivity index (χ1n) is 10.0. The van der Waals surface area contributed by atoms with Crippen molar-refractivity contribution in [1.29, 1.82) is 0 Å². The molecule has 1 aromatic carbocycles. The van der Waals surface area contributed by atoms with Gasteiger partial charge in [-0.25, -0.2) is 0 Å². The van der Waals surface area contributed by atoms with Crippen LogP contribution >= 0.6 is 0 Å². The van der Waals surface area contributed by atoms with Crippen LogP contribution in [0.2, 0.25) is 0 Å². The Bertz CT molecular complexity index is 966. The molecule has 1 aliphatic heterocycles. The van der Waals surface area contributed by atoms with Gasteiger partial charge in [0.05, 0.1) is 24.0 Å². The van der Waals surface area contributed by atoms with Crippen LogP contribution in [-0.2, 0) is 18.4 Å². The lowest BCUT2D eigenvalue weighted by molar-refractivity contribution is 0.135. The van der Waals surface area contributed by atoms with E-state index in [1.165, 1.54) is 30.5 Å². The van der Waals surface area contributed by atoms with Crippen molar-refractivity contribution in [1.82, 2.24) is 20.1 Å². The molecule has 0 radical (unpaired) electrons. The Kier molecular flexibility index (Phi) is 4.12. The van der Waals surface area contributed by atoms with Crippen molar-refractivity contribution >= 4 is 10.9 Å². The van der Waals surface area contributed by atoms with E-state index in [-0.39, 0.29) is 5.41 Å². The first-order valence-corrected chi connectivity index (χ1v) is 10.0. The zero-order chi connectivity index (χ0) is 18.3. The SMILES string of the molecule is CCOc1ccc2nc(CN3CCCC4(CCc5cn[nH]c54)C3)ccc2c1. The van der Waals surface area contributed by atoms with Gasteiger partial charge >= 0.3 is 0 Å². The monoisotopic (exact) mass is 362 g/mol. The van der Waals surface area contributed by atoms with Crippen LogP contribution in [0.15, 0.2) is 36.5 Å². The van der Waals surface area contributed by atoms with Gasteiger partial charge in [0.25, 0.3) is 0 Å². The molecule has 5 rings (SSSR count). The fourth-order valence-corrected chi connectivity index (χ4v) is 4.95. The van der Waals surface area contributed by atoms with E-state index in [0.29, 0.717) is 6.61 Å². The van der Waals surface area contributed by atoms with Crippen molar-refractivity contribution in [3.63, 3.8) is 0 Å². The molecule has 3 heterocycles. The van der Waals surface area contributed by atoms with E-state index in [1.807, 2.05) is 19.2 Å². The molecular weight excluding hydrogens is 336 g/mol. The number of pyridine rings is 1. The fraction of sp³-hybridized carbons (Fsp3) is 0.455. The van der Waals surface area contributed by atoms with Gasteiger partial charge in [-0.3, -0.25) is 15.0 Å². The standard InChI is InChI=1S/C22H26N4O/c1-2-27-19-6-7-20-16(12-19)4-5-18(24-20)14-26-11-3-9-22(15-26)10-8-17-13-23-25-21(17)22/h4-7,12-13H,2-3,8-11,14-15H2,1H3,(H,23,25). The maximum absolute atomic E-state index is 5.60. The van der Waals surface area contributed by atoms with Crippen molar-refractivity contribution in [3.05, 3.63) is 53.5 Å². The number of aromatic nitrogens is 3. The molecule has 5 nitrogen and oxygen atoms in total. The second-order valence-electron chi connectivity index (χ2n) is 7.95. The number of piperidine rings is 1. The van der Waals surface area contributed by atoms with Crippen LogP contribution in [0, 0.1) is 0 Å². The molecule has 2 aliphatic rings. The van der Waals surface area contributed by atoms with Crippen molar-refractivity contribution in [3.8, 4) is 5.75 Å². The summed E-state index contributed by atoms with van der Waals surface area (Å²) in [6.07, 6.45) is 6.94. The summed E-state index contributed by atoms with van der Waals surface area (Å²) in [6.45, 7) is 5.85. The highest BCUT2D eigenvalue weighted by Crippen LogP contribution is 2.44. The van der Waals surface area contributed by atoms with E-state index in [4.69, 9.17) is 9.72 Å². The highest BCUT2D eigenvalue weighted by molar-refractivity contribution is 5.80. The topological polar surface area (TPSA) is 54.0 Å². The van der Waals surface area contributed by atoms with E-state index < -0.39 is 0 Å². The lowest BCUT2D eigenvalue weighted by Crippen LogP contribution is -2.44. The molecule has 0 amide bonds. The van der Waals surface area contributed by atoms with Gasteiger partial charge in [-0.2, -0.15) is 5.10 Å². The van der Waals surface area contributed by atoms with Gasteiger partial charge in [0.15, 0.2) is 0 Å². The van der Waals surface area contributed by atoms with Crippen LogP contribution in [0.1, 0.15) is 43.1 Å². The molecular formula is C22H26N4O. The van der Waals surface area contributed by atoms with Crippen LogP contribution in [0.3, 0.4) is 0 Å². The van der Waals surface area contributed by atoms with E-state index in [0.717, 1.165) is 48.4 Å². The van der Waals surface area contributed by atoms with E-state index in [1.54, 1.807) is 0 Å². The number of nitrogens with one attached hydrogen (secondary N) is 1. The highest BCUT2D eigenvalue weighted by Gasteiger charge is 2.43. The van der Waals surface area contributed by atoms with Crippen molar-refractivity contribution in [2.24, 2.45) is 0 Å². The number of H-pyrrole nitrogens is 1. The number of aryl methyl sites for hydroxylation is 1. The summed E-state index contributed by atoms with van der Waals surface area (Å²) in [5, 5.41) is 8.73. The van der Waals surface area contributed by atoms with Crippen LogP contribution in [0.25, 0.3) is 10.9 Å². The number of aromatic amines is 1. The van der Waals surface area contributed by atoms with Gasteiger partial charge in [-0.15, -0.1) is 0 Å². The molecule has 1 saturated heterocycles. The van der Waals surface area contributed by atoms with Crippen molar-refractivity contribution in [2.75, 3.05) is 19.7 Å². The molecule has 3 aromatic rings. The third-order valence-corrected chi connectivity index (χ3v) is 6.19. The van der Waals surface area contributed by atoms with Crippen molar-refractivity contribution < 1.29 is 4.74 Å². The molecule has 1 aliphatic carbocycles. The average Bonchev–Trinajstić information content (AvgIpc) is 3.27. The van der Waals surface area contributed by atoms with Crippen LogP contribution in [0.4, 0.5) is 0 Å². The molecule has 27 heavy (non-hydrogen) atoms. The number of rotatable bonds is 4. The summed E-state index contributed by atoms with van der Waals surface area (Å²) in [4.78, 5) is 7.47. The zero-order valence-electron chi connectivity index (χ0n) is 15.9. The molecule has 2 aromatic heterocycles. The average molecular weight is 362 g/mol. The molecule has 1 N–H and O–H groups in total. The van der Waals surface area contributed by atoms with E-state index in [2.05, 4.69) is 39.4 Å². The maximum Gasteiger partial charge on any atom is 0.120 e. The quantitative estimate of drug-likeness (QED) is 0.766. The molecule has 140 valence electrons. The van der Waals surface area contributed by atoms with Crippen molar-refractivity contribution in [2.45, 2.75) is 44.6 Å². The molecule has 1 unspecified atom stereocenters. The lowest BCUT2D eigenvalue weighted by Gasteiger charge is -2.40. The van der Waals surface area contributed by atoms with E-state index in [9.17, 15) is 0 Å². The maximum atomic E-state index is 5.60. The lowest BCUT2D eigenvalue weighted by atomic mass is 9.77. The second kappa shape index (κ2) is 6.64. The largest absolute Gasteiger partial charge is 0.494 e. The smallest absolute Gasteiger partial charge is 0.120 e. The van der Waals surface area contributed by atoms with Gasteiger partial charge in [-0.1, -0.05) is 6.07 Å². The molecule has 1 fully saturated rings. The number of hydrogen-bond donors (Lipinski definition) is 1. The fourth-order valence-electron chi connectivity index (χ4n) is 4.95. The predicted molar refractivity (Wildman–Crippen MR) is 106 cm³/mol. The Morgan fingerprint density at radius 2 is 2.19 bits per heavy atom. The normalized spacial score (nSPS) is 22.4. The third-order valence-electron chi connectivity index (χ3n) is 6.19. The number of ether oxygens (including phenoxy) is 1. The minimum absolute atomic E-state index is 0.271. The summed E-state index contributed by atoms with van der Waals surface area (Å²) in [5.74, 6) is 0.911. The highest BCUT2D eigenvalue weighted by atomic mass is 16.5. The molecule has 1 atom stereocenters. The van der Waals surface area contributed by atoms with Crippen LogP contribution in [0.5, 0.6) is 5.75 Å². The second-order valence-corrected chi connectivity index (χ2v) is 7.95. The Hall–Kier alpha value is -2.40. The first kappa shape index (κ1) is 16.8. The summed E-state index contributed by atoms with van der Waals surface area (Å²) >= 11 is 0. The third kappa shape index (κ3) is 3.00. The minimum atomic E-state index is 0.271. The summed E-state index contributed by atoms with van der Waals surface area (Å²) in [5.41, 5.74) is 5.27. The minimum Gasteiger partial charge on any atom is -0.494 e. The van der Waals surface area contributed by atoms with Gasteiger partial charge in [0.1, 0.15) is 5.75 Å². The predicted octanol–water partition coefficient (Wildman–Crippen LogP) is 3.84. The molecule has 0 saturated carbocycles. The van der Waals surface area contributed by atoms with E-state index >= 15 is 0 Å². The number of benzene rings is 1. The molecule has 5 heteroatoms. The van der Waals surface area contributed by atoms with Gasteiger partial charge < -0.3 is 4.74 Å². The number of nitrogens with zero attached hydrogens (tertiary/aromatic N) is 3. The number of hydrogen-bond acceptors (Lipinski definition) is 4. The Morgan fingerprint density at radius 1 is 1.22 bits per heavy atom. The van der Waals surface area contributed by atoms with Gasteiger partial charge in [0, 0.05) is 29.6 Å². The van der Waals surface area contributed by atoms with Crippen LogP contribution in [-0.4, -0.2) is 39.8 Å². The first-order chi connectivity index (χ1) is 13.3. The van der Waals surface area contributed by atoms with Gasteiger partial charge in [0.2, 0.25) is 0 Å². The summed E-state index contributed by atoms with van der Waals surface area (Å²) in [6, 6.07) is 10.5. The molecule has 1 spiro atoms. The van der Waals surface area contributed by atoms with Crippen LogP contribution < -0.4 is 4.74 Å².